The van der Waals surface area contributed by atoms with Crippen molar-refractivity contribution in [3.63, 3.8) is 0 Å². The van der Waals surface area contributed by atoms with Gasteiger partial charge in [0.2, 0.25) is 0 Å². The minimum absolute atomic E-state index is 0. The molecule has 0 radical (unpaired) electrons. The SMILES string of the molecule is C.C.CCCO.CCCOC(=O)C(C)(C)OC.COC(C)(C)C(=O)O.O. The number of aliphatic carboxylic acids is 1. The van der Waals surface area contributed by atoms with Crippen molar-refractivity contribution in [2.45, 2.75) is 80.4 Å². The third-order valence-corrected chi connectivity index (χ3v) is 2.69. The summed E-state index contributed by atoms with van der Waals surface area (Å²) in [5, 5.41) is 16.2. The van der Waals surface area contributed by atoms with Crippen LogP contribution in [0.2, 0.25) is 0 Å². The Bertz CT molecular complexity index is 312. The van der Waals surface area contributed by atoms with E-state index < -0.39 is 17.2 Å². The Morgan fingerprint density at radius 3 is 1.38 bits per heavy atom. The number of carbonyl (C=O) groups excluding carboxylic acids is 1. The van der Waals surface area contributed by atoms with E-state index >= 15 is 0 Å². The summed E-state index contributed by atoms with van der Waals surface area (Å²) in [6.07, 6.45) is 1.71. The molecule has 0 aliphatic carbocycles. The minimum Gasteiger partial charge on any atom is -0.479 e. The van der Waals surface area contributed by atoms with Crippen molar-refractivity contribution in [1.29, 1.82) is 0 Å². The maximum Gasteiger partial charge on any atom is 0.337 e. The first-order valence-corrected chi connectivity index (χ1v) is 7.58. The zero-order valence-corrected chi connectivity index (χ0v) is 16.3. The lowest BCUT2D eigenvalue weighted by molar-refractivity contribution is -0.165. The van der Waals surface area contributed by atoms with E-state index in [1.807, 2.05) is 13.8 Å². The number of methoxy groups -OCH3 is 2. The first kappa shape index (κ1) is 39.7. The Balaban J connectivity index is -0.0000000596. The van der Waals surface area contributed by atoms with Crippen molar-refractivity contribution < 1.29 is 39.5 Å². The van der Waals surface area contributed by atoms with Crippen molar-refractivity contribution >= 4 is 11.9 Å². The molecule has 0 heterocycles. The molecule has 0 atom stereocenters. The number of carbonyl (C=O) groups is 2. The molecular formula is C18H44O8. The first-order valence-electron chi connectivity index (χ1n) is 7.58. The molecular weight excluding hydrogens is 344 g/mol. The maximum absolute atomic E-state index is 11.1. The van der Waals surface area contributed by atoms with Crippen molar-refractivity contribution in [2.75, 3.05) is 27.4 Å². The van der Waals surface area contributed by atoms with Crippen LogP contribution in [0, 0.1) is 0 Å². The summed E-state index contributed by atoms with van der Waals surface area (Å²) >= 11 is 0. The smallest absolute Gasteiger partial charge is 0.337 e. The fraction of sp³-hybridized carbons (Fsp3) is 0.889. The van der Waals surface area contributed by atoms with E-state index in [1.54, 1.807) is 13.8 Å². The molecule has 0 aliphatic rings. The zero-order chi connectivity index (χ0) is 19.1. The number of hydrogen-bond acceptors (Lipinski definition) is 6. The molecule has 0 bridgehead atoms. The first-order chi connectivity index (χ1) is 10.5. The Morgan fingerprint density at radius 1 is 0.885 bits per heavy atom. The van der Waals surface area contributed by atoms with Gasteiger partial charge in [-0.15, -0.1) is 0 Å². The average molecular weight is 389 g/mol. The van der Waals surface area contributed by atoms with Crippen LogP contribution in [-0.2, 0) is 23.8 Å². The Morgan fingerprint density at radius 2 is 1.23 bits per heavy atom. The maximum atomic E-state index is 11.1. The quantitative estimate of drug-likeness (QED) is 0.640. The van der Waals surface area contributed by atoms with Gasteiger partial charge in [-0.2, -0.15) is 0 Å². The van der Waals surface area contributed by atoms with Gasteiger partial charge < -0.3 is 29.9 Å². The van der Waals surface area contributed by atoms with E-state index in [4.69, 9.17) is 19.7 Å². The van der Waals surface area contributed by atoms with Crippen LogP contribution in [0.25, 0.3) is 0 Å². The summed E-state index contributed by atoms with van der Waals surface area (Å²) in [5.74, 6) is -1.25. The highest BCUT2D eigenvalue weighted by atomic mass is 16.6. The van der Waals surface area contributed by atoms with Gasteiger partial charge in [-0.1, -0.05) is 28.7 Å². The van der Waals surface area contributed by atoms with Gasteiger partial charge in [0, 0.05) is 20.8 Å². The van der Waals surface area contributed by atoms with E-state index in [2.05, 4.69) is 4.74 Å². The van der Waals surface area contributed by atoms with Crippen molar-refractivity contribution in [3.8, 4) is 0 Å². The van der Waals surface area contributed by atoms with E-state index in [-0.39, 0.29) is 26.3 Å². The molecule has 0 aliphatic heterocycles. The van der Waals surface area contributed by atoms with Crippen LogP contribution in [0.3, 0.4) is 0 Å². The Kier molecular flexibility index (Phi) is 33.3. The Hall–Kier alpha value is -1.22. The molecule has 26 heavy (non-hydrogen) atoms. The second-order valence-electron chi connectivity index (χ2n) is 5.59. The van der Waals surface area contributed by atoms with E-state index in [1.165, 1.54) is 28.1 Å². The lowest BCUT2D eigenvalue weighted by Gasteiger charge is -2.20. The molecule has 4 N–H and O–H groups in total. The molecule has 8 nitrogen and oxygen atoms in total. The van der Waals surface area contributed by atoms with Gasteiger partial charge in [-0.25, -0.2) is 9.59 Å². The second kappa shape index (κ2) is 21.8. The van der Waals surface area contributed by atoms with E-state index in [0.29, 0.717) is 13.2 Å². The number of hydrogen-bond donors (Lipinski definition) is 2. The van der Waals surface area contributed by atoms with E-state index in [9.17, 15) is 9.59 Å². The van der Waals surface area contributed by atoms with Gasteiger partial charge >= 0.3 is 11.9 Å². The predicted octanol–water partition coefficient (Wildman–Crippen LogP) is 2.70. The van der Waals surface area contributed by atoms with Crippen LogP contribution >= 0.6 is 0 Å². The van der Waals surface area contributed by atoms with Gasteiger partial charge in [-0.05, 0) is 40.5 Å². The fourth-order valence-electron chi connectivity index (χ4n) is 0.539. The number of rotatable bonds is 7. The molecule has 0 aromatic rings. The number of ether oxygens (including phenoxy) is 3. The summed E-state index contributed by atoms with van der Waals surface area (Å²) in [6, 6.07) is 0. The van der Waals surface area contributed by atoms with Crippen LogP contribution < -0.4 is 0 Å². The molecule has 8 heteroatoms. The van der Waals surface area contributed by atoms with Gasteiger partial charge in [0.25, 0.3) is 0 Å². The van der Waals surface area contributed by atoms with Crippen LogP contribution in [-0.4, -0.2) is 66.3 Å². The fourth-order valence-corrected chi connectivity index (χ4v) is 0.539. The molecule has 0 saturated carbocycles. The molecule has 164 valence electrons. The number of aliphatic hydroxyl groups is 1. The number of esters is 1. The monoisotopic (exact) mass is 388 g/mol. The molecule has 0 amide bonds. The van der Waals surface area contributed by atoms with Gasteiger partial charge in [0.05, 0.1) is 6.61 Å². The number of aliphatic hydroxyl groups excluding tert-OH is 1. The molecule has 0 aromatic carbocycles. The van der Waals surface area contributed by atoms with E-state index in [0.717, 1.165) is 12.8 Å². The normalized spacial score (nSPS) is 9.42. The summed E-state index contributed by atoms with van der Waals surface area (Å²) in [7, 11) is 2.86. The lowest BCUT2D eigenvalue weighted by atomic mass is 10.1. The molecule has 0 rings (SSSR count). The average Bonchev–Trinajstić information content (AvgIpc) is 2.52. The largest absolute Gasteiger partial charge is 0.479 e. The summed E-state index contributed by atoms with van der Waals surface area (Å²) in [5.41, 5.74) is -1.85. The van der Waals surface area contributed by atoms with Gasteiger partial charge in [0.15, 0.2) is 11.2 Å². The third-order valence-electron chi connectivity index (χ3n) is 2.69. The zero-order valence-electron chi connectivity index (χ0n) is 16.3. The molecule has 0 spiro atoms. The minimum atomic E-state index is -1.04. The number of carboxylic acid groups (broad SMARTS) is 1. The lowest BCUT2D eigenvalue weighted by Crippen LogP contribution is -2.35. The van der Waals surface area contributed by atoms with Crippen LogP contribution in [0.1, 0.15) is 69.2 Å². The molecule has 0 fully saturated rings. The molecule has 0 saturated heterocycles. The Labute approximate surface area is 160 Å². The number of carboxylic acids is 1. The summed E-state index contributed by atoms with van der Waals surface area (Å²) in [6.45, 7) is 11.0. The molecule has 0 aromatic heterocycles. The standard InChI is InChI=1S/C8H16O3.C5H10O3.C3H8O.2CH4.H2O/c1-5-6-11-7(9)8(2,3)10-4;1-5(2,8-3)4(6)7;1-2-3-4;;;/h5-6H2,1-4H3;1-3H3,(H,6,7);4H,2-3H2,1H3;2*1H4;1H2. The summed E-state index contributed by atoms with van der Waals surface area (Å²) in [4.78, 5) is 21.2. The van der Waals surface area contributed by atoms with Crippen LogP contribution in [0.15, 0.2) is 0 Å². The van der Waals surface area contributed by atoms with Crippen molar-refractivity contribution in [1.82, 2.24) is 0 Å². The second-order valence-corrected chi connectivity index (χ2v) is 5.59. The van der Waals surface area contributed by atoms with Gasteiger partial charge in [-0.3, -0.25) is 0 Å². The highest BCUT2D eigenvalue weighted by molar-refractivity contribution is 5.78. The van der Waals surface area contributed by atoms with Crippen LogP contribution in [0.4, 0.5) is 0 Å². The van der Waals surface area contributed by atoms with Crippen LogP contribution in [0.5, 0.6) is 0 Å². The topological polar surface area (TPSA) is 134 Å². The third kappa shape index (κ3) is 22.8. The van der Waals surface area contributed by atoms with Crippen molar-refractivity contribution in [3.05, 3.63) is 0 Å². The molecule has 0 unspecified atom stereocenters. The highest BCUT2D eigenvalue weighted by Crippen LogP contribution is 2.09. The van der Waals surface area contributed by atoms with Crippen molar-refractivity contribution in [2.24, 2.45) is 0 Å². The predicted molar refractivity (Wildman–Crippen MR) is 106 cm³/mol. The highest BCUT2D eigenvalue weighted by Gasteiger charge is 2.28. The van der Waals surface area contributed by atoms with Gasteiger partial charge in [0.1, 0.15) is 0 Å². The summed E-state index contributed by atoms with van der Waals surface area (Å²) < 4.78 is 14.4.